The summed E-state index contributed by atoms with van der Waals surface area (Å²) in [4.78, 5) is 0. The number of nitrogens with one attached hydrogen (secondary N) is 1. The highest BCUT2D eigenvalue weighted by molar-refractivity contribution is 5.51. The molecular weight excluding hydrogens is 230 g/mol. The van der Waals surface area contributed by atoms with Crippen LogP contribution in [0.1, 0.15) is 26.3 Å². The van der Waals surface area contributed by atoms with Crippen molar-refractivity contribution < 1.29 is 14.2 Å². The Balaban J connectivity index is 2.17. The van der Waals surface area contributed by atoms with Gasteiger partial charge in [-0.15, -0.1) is 0 Å². The van der Waals surface area contributed by atoms with Crippen LogP contribution >= 0.6 is 0 Å². The molecule has 100 valence electrons. The molecule has 1 N–H and O–H groups in total. The van der Waals surface area contributed by atoms with Crippen LogP contribution in [-0.4, -0.2) is 19.9 Å². The highest BCUT2D eigenvalue weighted by Crippen LogP contribution is 2.38. The van der Waals surface area contributed by atoms with Gasteiger partial charge in [-0.1, -0.05) is 20.8 Å². The van der Waals surface area contributed by atoms with Gasteiger partial charge in [0, 0.05) is 18.2 Å². The lowest BCUT2D eigenvalue weighted by Crippen LogP contribution is -2.14. The maximum Gasteiger partial charge on any atom is 0.231 e. The minimum absolute atomic E-state index is 0.295. The van der Waals surface area contributed by atoms with E-state index < -0.39 is 0 Å². The van der Waals surface area contributed by atoms with Gasteiger partial charge in [0.25, 0.3) is 0 Å². The Morgan fingerprint density at radius 1 is 1.28 bits per heavy atom. The quantitative estimate of drug-likeness (QED) is 0.843. The third-order valence-electron chi connectivity index (χ3n) is 2.69. The van der Waals surface area contributed by atoms with Crippen LogP contribution in [0.5, 0.6) is 17.2 Å². The highest BCUT2D eigenvalue weighted by Gasteiger charge is 2.18. The Labute approximate surface area is 108 Å². The molecule has 1 aliphatic rings. The molecule has 1 aliphatic heterocycles. The standard InChI is InChI=1S/C14H21NO3/c1-4-15-7-11-5-13-14(18-9-17-13)6-12(11)16-8-10(2)3/h5-6,10,15H,4,7-9H2,1-3H3. The van der Waals surface area contributed by atoms with Crippen molar-refractivity contribution in [3.63, 3.8) is 0 Å². The van der Waals surface area contributed by atoms with Crippen LogP contribution in [0.25, 0.3) is 0 Å². The predicted molar refractivity (Wildman–Crippen MR) is 70.3 cm³/mol. The van der Waals surface area contributed by atoms with Gasteiger partial charge >= 0.3 is 0 Å². The van der Waals surface area contributed by atoms with Crippen molar-refractivity contribution in [1.29, 1.82) is 0 Å². The summed E-state index contributed by atoms with van der Waals surface area (Å²) in [6.45, 7) is 9.07. The minimum atomic E-state index is 0.295. The molecule has 0 saturated heterocycles. The molecule has 1 heterocycles. The van der Waals surface area contributed by atoms with Crippen molar-refractivity contribution in [2.45, 2.75) is 27.3 Å². The van der Waals surface area contributed by atoms with Gasteiger partial charge in [-0.25, -0.2) is 0 Å². The van der Waals surface area contributed by atoms with Crippen molar-refractivity contribution >= 4 is 0 Å². The van der Waals surface area contributed by atoms with Gasteiger partial charge in [-0.2, -0.15) is 0 Å². The highest BCUT2D eigenvalue weighted by atomic mass is 16.7. The summed E-state index contributed by atoms with van der Waals surface area (Å²) < 4.78 is 16.6. The Kier molecular flexibility index (Phi) is 4.31. The Morgan fingerprint density at radius 3 is 2.67 bits per heavy atom. The summed E-state index contributed by atoms with van der Waals surface area (Å²) >= 11 is 0. The summed E-state index contributed by atoms with van der Waals surface area (Å²) in [7, 11) is 0. The number of hydrogen-bond acceptors (Lipinski definition) is 4. The van der Waals surface area contributed by atoms with Crippen LogP contribution in [0.2, 0.25) is 0 Å². The van der Waals surface area contributed by atoms with Gasteiger partial charge in [0.1, 0.15) is 5.75 Å². The molecular formula is C14H21NO3. The molecule has 4 heteroatoms. The number of benzene rings is 1. The molecule has 0 aromatic heterocycles. The molecule has 0 bridgehead atoms. The van der Waals surface area contributed by atoms with Gasteiger partial charge in [0.15, 0.2) is 11.5 Å². The number of rotatable bonds is 6. The van der Waals surface area contributed by atoms with E-state index in [0.717, 1.165) is 35.9 Å². The second-order valence-corrected chi connectivity index (χ2v) is 4.80. The Bertz CT molecular complexity index is 404. The first-order chi connectivity index (χ1) is 8.70. The summed E-state index contributed by atoms with van der Waals surface area (Å²) in [6, 6.07) is 3.93. The Morgan fingerprint density at radius 2 is 2.00 bits per heavy atom. The minimum Gasteiger partial charge on any atom is -0.493 e. The van der Waals surface area contributed by atoms with Crippen LogP contribution in [-0.2, 0) is 6.54 Å². The molecule has 2 rings (SSSR count). The number of fused-ring (bicyclic) bond motifs is 1. The second-order valence-electron chi connectivity index (χ2n) is 4.80. The third kappa shape index (κ3) is 3.07. The van der Waals surface area contributed by atoms with Gasteiger partial charge in [0.2, 0.25) is 6.79 Å². The maximum atomic E-state index is 5.85. The van der Waals surface area contributed by atoms with Crippen LogP contribution in [0.4, 0.5) is 0 Å². The van der Waals surface area contributed by atoms with Crippen molar-refractivity contribution in [3.05, 3.63) is 17.7 Å². The SMILES string of the molecule is CCNCc1cc2c(cc1OCC(C)C)OCO2. The Hall–Kier alpha value is -1.42. The summed E-state index contributed by atoms with van der Waals surface area (Å²) in [5.41, 5.74) is 1.11. The van der Waals surface area contributed by atoms with Crippen LogP contribution in [0, 0.1) is 5.92 Å². The molecule has 1 aromatic carbocycles. The van der Waals surface area contributed by atoms with Gasteiger partial charge in [-0.3, -0.25) is 0 Å². The van der Waals surface area contributed by atoms with E-state index in [1.54, 1.807) is 0 Å². The fraction of sp³-hybridized carbons (Fsp3) is 0.571. The average molecular weight is 251 g/mol. The number of ether oxygens (including phenoxy) is 3. The first-order valence-corrected chi connectivity index (χ1v) is 6.46. The average Bonchev–Trinajstić information content (AvgIpc) is 2.79. The van der Waals surface area contributed by atoms with Crippen molar-refractivity contribution in [2.24, 2.45) is 5.92 Å². The van der Waals surface area contributed by atoms with E-state index in [-0.39, 0.29) is 0 Å². The molecule has 18 heavy (non-hydrogen) atoms. The smallest absolute Gasteiger partial charge is 0.231 e. The molecule has 0 radical (unpaired) electrons. The van der Waals surface area contributed by atoms with Gasteiger partial charge in [-0.05, 0) is 18.5 Å². The molecule has 1 aromatic rings. The lowest BCUT2D eigenvalue weighted by molar-refractivity contribution is 0.173. The summed E-state index contributed by atoms with van der Waals surface area (Å²) in [5.74, 6) is 2.96. The van der Waals surface area contributed by atoms with E-state index in [1.807, 2.05) is 12.1 Å². The maximum absolute atomic E-state index is 5.85. The van der Waals surface area contributed by atoms with Crippen LogP contribution < -0.4 is 19.5 Å². The van der Waals surface area contributed by atoms with Gasteiger partial charge < -0.3 is 19.5 Å². The molecule has 4 nitrogen and oxygen atoms in total. The topological polar surface area (TPSA) is 39.7 Å². The molecule has 0 spiro atoms. The number of hydrogen-bond donors (Lipinski definition) is 1. The zero-order chi connectivity index (χ0) is 13.0. The fourth-order valence-electron chi connectivity index (χ4n) is 1.75. The molecule has 0 unspecified atom stereocenters. The molecule has 0 saturated carbocycles. The van der Waals surface area contributed by atoms with E-state index in [9.17, 15) is 0 Å². The van der Waals surface area contributed by atoms with E-state index in [0.29, 0.717) is 19.3 Å². The van der Waals surface area contributed by atoms with E-state index >= 15 is 0 Å². The van der Waals surface area contributed by atoms with Gasteiger partial charge in [0.05, 0.1) is 6.61 Å². The molecule has 0 fully saturated rings. The largest absolute Gasteiger partial charge is 0.493 e. The fourth-order valence-corrected chi connectivity index (χ4v) is 1.75. The van der Waals surface area contributed by atoms with E-state index in [2.05, 4.69) is 26.1 Å². The van der Waals surface area contributed by atoms with Crippen LogP contribution in [0.15, 0.2) is 12.1 Å². The van der Waals surface area contributed by atoms with Crippen molar-refractivity contribution in [2.75, 3.05) is 19.9 Å². The molecule has 0 aliphatic carbocycles. The van der Waals surface area contributed by atoms with Crippen molar-refractivity contribution in [3.8, 4) is 17.2 Å². The van der Waals surface area contributed by atoms with E-state index in [4.69, 9.17) is 14.2 Å². The zero-order valence-electron chi connectivity index (χ0n) is 11.3. The second kappa shape index (κ2) is 5.96. The van der Waals surface area contributed by atoms with E-state index in [1.165, 1.54) is 0 Å². The summed E-state index contributed by atoms with van der Waals surface area (Å²) in [6.07, 6.45) is 0. The normalized spacial score (nSPS) is 13.1. The predicted octanol–water partition coefficient (Wildman–Crippen LogP) is 2.56. The van der Waals surface area contributed by atoms with Crippen LogP contribution in [0.3, 0.4) is 0 Å². The first kappa shape index (κ1) is 13.0. The first-order valence-electron chi connectivity index (χ1n) is 6.46. The molecule has 0 atom stereocenters. The monoisotopic (exact) mass is 251 g/mol. The zero-order valence-corrected chi connectivity index (χ0v) is 11.3. The van der Waals surface area contributed by atoms with Crippen molar-refractivity contribution in [1.82, 2.24) is 5.32 Å². The third-order valence-corrected chi connectivity index (χ3v) is 2.69. The summed E-state index contributed by atoms with van der Waals surface area (Å²) in [5, 5.41) is 3.31. The lowest BCUT2D eigenvalue weighted by atomic mass is 10.1. The molecule has 0 amide bonds. The lowest BCUT2D eigenvalue weighted by Gasteiger charge is -2.14.